The van der Waals surface area contributed by atoms with Crippen LogP contribution < -0.4 is 10.2 Å². The molecule has 35 heavy (non-hydrogen) atoms. The molecule has 0 rings (SSSR count). The van der Waals surface area contributed by atoms with Crippen LogP contribution in [0.4, 0.5) is 0 Å². The maximum Gasteiger partial charge on any atom is 0.323 e. The molecule has 0 spiro atoms. The Morgan fingerprint density at radius 3 is 1.74 bits per heavy atom. The van der Waals surface area contributed by atoms with Gasteiger partial charge in [0.15, 0.2) is 0 Å². The molecule has 0 aromatic carbocycles. The number of rotatable bonds is 25. The van der Waals surface area contributed by atoms with Gasteiger partial charge in [0.05, 0.1) is 6.61 Å². The number of carboxylic acids is 1. The number of aliphatic hydroxyl groups excluding tert-OH is 1. The molecular formula is C24H47NO9P-. The van der Waals surface area contributed by atoms with Crippen molar-refractivity contribution >= 4 is 19.8 Å². The van der Waals surface area contributed by atoms with Gasteiger partial charge in [-0.05, 0) is 6.42 Å². The number of hydrogen-bond acceptors (Lipinski definition) is 8. The van der Waals surface area contributed by atoms with E-state index in [1.54, 1.807) is 0 Å². The molecule has 0 amide bonds. The van der Waals surface area contributed by atoms with Gasteiger partial charge in [0.1, 0.15) is 18.8 Å². The molecular weight excluding hydrogens is 477 g/mol. The lowest BCUT2D eigenvalue weighted by molar-refractivity contribution is -0.220. The summed E-state index contributed by atoms with van der Waals surface area (Å²) in [5.41, 5.74) is 0. The maximum atomic E-state index is 11.8. The third-order valence-electron chi connectivity index (χ3n) is 5.72. The standard InChI is InChI=1S/C24H48NO9P/c1-2-3-4-5-6-7-8-9-10-11-12-13-14-15-16-17-23(27)33-19-21(26)18-25-22(24(28)29)20-34-35(30,31)32/h21-22,25-26H,2-20H2,1H3,(H,28,29)(H2,30,31,32)/p-1/t21?,22-/m0/s1. The van der Waals surface area contributed by atoms with E-state index in [-0.39, 0.29) is 19.6 Å². The van der Waals surface area contributed by atoms with Crippen LogP contribution in [0.15, 0.2) is 0 Å². The second-order valence-corrected chi connectivity index (χ2v) is 10.3. The number of unbranched alkanes of at least 4 members (excludes halogenated alkanes) is 14. The average molecular weight is 525 g/mol. The molecule has 0 saturated carbocycles. The lowest BCUT2D eigenvalue weighted by Crippen LogP contribution is -2.45. The highest BCUT2D eigenvalue weighted by atomic mass is 31.2. The maximum absolute atomic E-state index is 11.8. The summed E-state index contributed by atoms with van der Waals surface area (Å²) in [6, 6.07) is -1.46. The van der Waals surface area contributed by atoms with Crippen LogP contribution in [-0.2, 0) is 23.4 Å². The van der Waals surface area contributed by atoms with Crippen LogP contribution >= 0.6 is 7.82 Å². The number of carboxylic acid groups (broad SMARTS) is 1. The van der Waals surface area contributed by atoms with E-state index < -0.39 is 38.5 Å². The molecule has 0 radical (unpaired) electrons. The van der Waals surface area contributed by atoms with Gasteiger partial charge < -0.3 is 29.3 Å². The first-order valence-corrected chi connectivity index (χ1v) is 14.6. The van der Waals surface area contributed by atoms with Crippen molar-refractivity contribution in [1.82, 2.24) is 5.32 Å². The van der Waals surface area contributed by atoms with Crippen LogP contribution in [0.3, 0.4) is 0 Å². The van der Waals surface area contributed by atoms with Crippen molar-refractivity contribution in [2.45, 2.75) is 122 Å². The summed E-state index contributed by atoms with van der Waals surface area (Å²) in [5.74, 6) is -1.85. The van der Waals surface area contributed by atoms with Crippen LogP contribution in [0.1, 0.15) is 110 Å². The lowest BCUT2D eigenvalue weighted by atomic mass is 10.0. The molecule has 0 aromatic heterocycles. The number of esters is 1. The third kappa shape index (κ3) is 24.4. The number of carbonyl (C=O) groups is 2. The highest BCUT2D eigenvalue weighted by Gasteiger charge is 2.21. The molecule has 0 aliphatic rings. The molecule has 0 aromatic rings. The van der Waals surface area contributed by atoms with Crippen LogP contribution in [0, 0.1) is 0 Å². The average Bonchev–Trinajstić information content (AvgIpc) is 2.79. The number of hydrogen-bond donors (Lipinski definition) is 4. The first kappa shape index (κ1) is 34.0. The predicted octanol–water partition coefficient (Wildman–Crippen LogP) is 3.67. The summed E-state index contributed by atoms with van der Waals surface area (Å²) in [6.45, 7) is 0.837. The van der Waals surface area contributed by atoms with Gasteiger partial charge in [-0.3, -0.25) is 19.5 Å². The Morgan fingerprint density at radius 2 is 1.31 bits per heavy atom. The minimum absolute atomic E-state index is 0.263. The quantitative estimate of drug-likeness (QED) is 0.0786. The molecule has 3 atom stereocenters. The van der Waals surface area contributed by atoms with Crippen molar-refractivity contribution in [2.75, 3.05) is 19.8 Å². The van der Waals surface area contributed by atoms with Crippen LogP contribution in [0.2, 0.25) is 0 Å². The third-order valence-corrected chi connectivity index (χ3v) is 6.20. The van der Waals surface area contributed by atoms with E-state index in [9.17, 15) is 24.2 Å². The van der Waals surface area contributed by atoms with E-state index in [0.29, 0.717) is 0 Å². The van der Waals surface area contributed by atoms with Crippen molar-refractivity contribution < 1.29 is 43.4 Å². The summed E-state index contributed by atoms with van der Waals surface area (Å²) in [6.07, 6.45) is 17.7. The molecule has 0 fully saturated rings. The lowest BCUT2D eigenvalue weighted by Gasteiger charge is -2.21. The van der Waals surface area contributed by atoms with Gasteiger partial charge in [-0.2, -0.15) is 0 Å². The van der Waals surface area contributed by atoms with Gasteiger partial charge in [-0.15, -0.1) is 0 Å². The highest BCUT2D eigenvalue weighted by Crippen LogP contribution is 2.30. The number of aliphatic hydroxyl groups is 1. The van der Waals surface area contributed by atoms with E-state index >= 15 is 0 Å². The molecule has 208 valence electrons. The van der Waals surface area contributed by atoms with Crippen LogP contribution in [0.25, 0.3) is 0 Å². The number of aliphatic carboxylic acids is 1. The summed E-state index contributed by atoms with van der Waals surface area (Å²) >= 11 is 0. The molecule has 0 heterocycles. The molecule has 0 aliphatic heterocycles. The zero-order valence-electron chi connectivity index (χ0n) is 21.3. The second-order valence-electron chi connectivity index (χ2n) is 9.10. The summed E-state index contributed by atoms with van der Waals surface area (Å²) in [7, 11) is -5.05. The van der Waals surface area contributed by atoms with Gasteiger partial charge in [0.25, 0.3) is 7.82 Å². The van der Waals surface area contributed by atoms with Gasteiger partial charge in [-0.1, -0.05) is 96.8 Å². The van der Waals surface area contributed by atoms with E-state index in [2.05, 4.69) is 16.8 Å². The summed E-state index contributed by atoms with van der Waals surface area (Å²) in [5, 5.41) is 21.2. The molecule has 10 nitrogen and oxygen atoms in total. The van der Waals surface area contributed by atoms with Gasteiger partial charge in [0, 0.05) is 13.0 Å². The Morgan fingerprint density at radius 1 is 0.857 bits per heavy atom. The monoisotopic (exact) mass is 524 g/mol. The Bertz CT molecular complexity index is 585. The molecule has 0 saturated heterocycles. The van der Waals surface area contributed by atoms with Gasteiger partial charge in [0.2, 0.25) is 0 Å². The summed E-state index contributed by atoms with van der Waals surface area (Å²) < 4.78 is 19.6. The van der Waals surface area contributed by atoms with Crippen LogP contribution in [-0.4, -0.2) is 58.9 Å². The van der Waals surface area contributed by atoms with E-state index in [1.165, 1.54) is 77.0 Å². The molecule has 0 bridgehead atoms. The van der Waals surface area contributed by atoms with Crippen molar-refractivity contribution in [3.05, 3.63) is 0 Å². The fraction of sp³-hybridized carbons (Fsp3) is 0.917. The number of carbonyl (C=O) groups excluding carboxylic acids is 1. The van der Waals surface area contributed by atoms with Gasteiger partial charge >= 0.3 is 11.9 Å². The van der Waals surface area contributed by atoms with Crippen molar-refractivity contribution in [1.29, 1.82) is 0 Å². The normalized spacial score (nSPS) is 14.9. The van der Waals surface area contributed by atoms with Crippen molar-refractivity contribution in [3.8, 4) is 0 Å². The summed E-state index contributed by atoms with van der Waals surface area (Å²) in [4.78, 5) is 41.9. The zero-order chi connectivity index (χ0) is 26.4. The van der Waals surface area contributed by atoms with Gasteiger partial charge in [-0.25, -0.2) is 0 Å². The topological polar surface area (TPSA) is 165 Å². The van der Waals surface area contributed by atoms with E-state index in [0.717, 1.165) is 19.3 Å². The fourth-order valence-electron chi connectivity index (χ4n) is 3.63. The largest absolute Gasteiger partial charge is 0.756 e. The van der Waals surface area contributed by atoms with E-state index in [4.69, 9.17) is 14.7 Å². The smallest absolute Gasteiger partial charge is 0.323 e. The molecule has 2 unspecified atom stereocenters. The molecule has 0 aliphatic carbocycles. The Labute approximate surface area is 210 Å². The fourth-order valence-corrected chi connectivity index (χ4v) is 3.96. The molecule has 11 heteroatoms. The SMILES string of the molecule is CCCCCCCCCCCCCCCCCC(=O)OCC(O)CN[C@@H](COP(=O)([O-])O)C(=O)O. The highest BCUT2D eigenvalue weighted by molar-refractivity contribution is 7.44. The number of ether oxygens (including phenoxy) is 1. The first-order valence-electron chi connectivity index (χ1n) is 13.1. The minimum Gasteiger partial charge on any atom is -0.756 e. The van der Waals surface area contributed by atoms with Crippen molar-refractivity contribution in [3.63, 3.8) is 0 Å². The number of phosphoric ester groups is 1. The zero-order valence-corrected chi connectivity index (χ0v) is 22.2. The number of phosphoric acid groups is 1. The van der Waals surface area contributed by atoms with E-state index in [1.807, 2.05) is 0 Å². The first-order chi connectivity index (χ1) is 16.7. The van der Waals surface area contributed by atoms with Crippen molar-refractivity contribution in [2.24, 2.45) is 0 Å². The molecule has 4 N–H and O–H groups in total. The van der Waals surface area contributed by atoms with Crippen LogP contribution in [0.5, 0.6) is 0 Å². The Hall–Kier alpha value is -1.03. The number of nitrogens with one attached hydrogen (secondary N) is 1. The minimum atomic E-state index is -5.05. The predicted molar refractivity (Wildman–Crippen MR) is 132 cm³/mol. The Kier molecular flexibility index (Phi) is 21.5. The Balaban J connectivity index is 3.59. The second kappa shape index (κ2) is 22.2.